The molecule has 0 spiro atoms. The van der Waals surface area contributed by atoms with Crippen LogP contribution in [0.2, 0.25) is 0 Å². The Morgan fingerprint density at radius 3 is 3.00 bits per heavy atom. The van der Waals surface area contributed by atoms with Crippen LogP contribution in [0.3, 0.4) is 0 Å². The van der Waals surface area contributed by atoms with Gasteiger partial charge in [0, 0.05) is 12.6 Å². The minimum Gasteiger partial charge on any atom is -0.394 e. The molecule has 1 unspecified atom stereocenters. The zero-order valence-electron chi connectivity index (χ0n) is 10.0. The molecule has 0 aliphatic heterocycles. The fraction of sp³-hybridized carbons (Fsp3) is 0.583. The van der Waals surface area contributed by atoms with Gasteiger partial charge in [-0.2, -0.15) is 5.10 Å². The van der Waals surface area contributed by atoms with Crippen molar-refractivity contribution in [1.82, 2.24) is 9.78 Å². The van der Waals surface area contributed by atoms with Crippen molar-refractivity contribution in [3.63, 3.8) is 0 Å². The molecule has 1 aromatic heterocycles. The monoisotopic (exact) mass is 220 g/mol. The second kappa shape index (κ2) is 4.60. The van der Waals surface area contributed by atoms with Crippen LogP contribution in [0.4, 0.5) is 11.5 Å². The molecule has 0 saturated carbocycles. The van der Waals surface area contributed by atoms with Gasteiger partial charge in [0.05, 0.1) is 11.4 Å². The van der Waals surface area contributed by atoms with Crippen LogP contribution in [0.25, 0.3) is 0 Å². The molecule has 1 aliphatic carbocycles. The molecule has 3 N–H and O–H groups in total. The van der Waals surface area contributed by atoms with E-state index in [4.69, 9.17) is 5.73 Å². The predicted octanol–water partition coefficient (Wildman–Crippen LogP) is 2.31. The summed E-state index contributed by atoms with van der Waals surface area (Å²) in [5.74, 6) is 0.986. The van der Waals surface area contributed by atoms with Crippen LogP contribution in [0.15, 0.2) is 12.2 Å². The van der Waals surface area contributed by atoms with E-state index in [0.29, 0.717) is 6.04 Å². The smallest absolute Gasteiger partial charge is 0.148 e. The SMILES string of the molecule is CCn1nc(C)c(N)c1NC1CC=CCC1. The molecule has 1 heterocycles. The summed E-state index contributed by atoms with van der Waals surface area (Å²) in [6.45, 7) is 4.88. The lowest BCUT2D eigenvalue weighted by atomic mass is 10.0. The highest BCUT2D eigenvalue weighted by molar-refractivity contribution is 5.65. The van der Waals surface area contributed by atoms with Crippen molar-refractivity contribution in [1.29, 1.82) is 0 Å². The molecule has 0 saturated heterocycles. The molecule has 4 heteroatoms. The van der Waals surface area contributed by atoms with Gasteiger partial charge in [-0.05, 0) is 33.1 Å². The molecule has 4 nitrogen and oxygen atoms in total. The summed E-state index contributed by atoms with van der Waals surface area (Å²) >= 11 is 0. The maximum Gasteiger partial charge on any atom is 0.148 e. The standard InChI is InChI=1S/C12H20N4/c1-3-16-12(11(13)9(2)15-16)14-10-7-5-4-6-8-10/h4-5,10,14H,3,6-8,13H2,1-2H3. The number of nitrogens with one attached hydrogen (secondary N) is 1. The lowest BCUT2D eigenvalue weighted by molar-refractivity contribution is 0.612. The minimum atomic E-state index is 0.494. The Kier molecular flexibility index (Phi) is 3.17. The van der Waals surface area contributed by atoms with Crippen LogP contribution >= 0.6 is 0 Å². The summed E-state index contributed by atoms with van der Waals surface area (Å²) in [5, 5.41) is 7.92. The number of aromatic nitrogens is 2. The summed E-state index contributed by atoms with van der Waals surface area (Å²) in [6.07, 6.45) is 7.87. The van der Waals surface area contributed by atoms with E-state index in [1.54, 1.807) is 0 Å². The fourth-order valence-corrected chi connectivity index (χ4v) is 2.09. The second-order valence-corrected chi connectivity index (χ2v) is 4.29. The number of nitrogens with two attached hydrogens (primary N) is 1. The zero-order chi connectivity index (χ0) is 11.5. The number of hydrogen-bond acceptors (Lipinski definition) is 3. The highest BCUT2D eigenvalue weighted by atomic mass is 15.3. The molecular weight excluding hydrogens is 200 g/mol. The number of allylic oxidation sites excluding steroid dienone is 1. The Labute approximate surface area is 96.5 Å². The minimum absolute atomic E-state index is 0.494. The lowest BCUT2D eigenvalue weighted by Gasteiger charge is -2.21. The van der Waals surface area contributed by atoms with Gasteiger partial charge in [0.2, 0.25) is 0 Å². The molecule has 88 valence electrons. The van der Waals surface area contributed by atoms with Crippen molar-refractivity contribution < 1.29 is 0 Å². The molecule has 0 amide bonds. The normalized spacial score (nSPS) is 20.0. The Morgan fingerprint density at radius 1 is 1.56 bits per heavy atom. The first-order valence-electron chi connectivity index (χ1n) is 5.96. The average molecular weight is 220 g/mol. The highest BCUT2D eigenvalue weighted by Gasteiger charge is 2.16. The van der Waals surface area contributed by atoms with Gasteiger partial charge >= 0.3 is 0 Å². The maximum absolute atomic E-state index is 6.03. The lowest BCUT2D eigenvalue weighted by Crippen LogP contribution is -2.22. The Bertz CT molecular complexity index is 392. The average Bonchev–Trinajstić information content (AvgIpc) is 2.58. The summed E-state index contributed by atoms with van der Waals surface area (Å²) < 4.78 is 1.95. The van der Waals surface area contributed by atoms with Crippen molar-refractivity contribution in [3.8, 4) is 0 Å². The summed E-state index contributed by atoms with van der Waals surface area (Å²) in [4.78, 5) is 0. The number of aryl methyl sites for hydroxylation is 2. The molecular formula is C12H20N4. The molecule has 16 heavy (non-hydrogen) atoms. The van der Waals surface area contributed by atoms with E-state index < -0.39 is 0 Å². The zero-order valence-corrected chi connectivity index (χ0v) is 10.0. The van der Waals surface area contributed by atoms with Crippen molar-refractivity contribution in [2.45, 2.75) is 45.7 Å². The molecule has 1 atom stereocenters. The Hall–Kier alpha value is -1.45. The van der Waals surface area contributed by atoms with Gasteiger partial charge in [0.25, 0.3) is 0 Å². The first-order valence-corrected chi connectivity index (χ1v) is 5.96. The number of nitrogen functional groups attached to an aromatic ring is 1. The molecule has 0 aromatic carbocycles. The van der Waals surface area contributed by atoms with Crippen LogP contribution in [0, 0.1) is 6.92 Å². The van der Waals surface area contributed by atoms with E-state index in [2.05, 4.69) is 29.5 Å². The van der Waals surface area contributed by atoms with E-state index in [1.165, 1.54) is 6.42 Å². The van der Waals surface area contributed by atoms with E-state index in [9.17, 15) is 0 Å². The van der Waals surface area contributed by atoms with Crippen molar-refractivity contribution in [3.05, 3.63) is 17.8 Å². The third-order valence-corrected chi connectivity index (χ3v) is 3.08. The Morgan fingerprint density at radius 2 is 2.38 bits per heavy atom. The number of hydrogen-bond donors (Lipinski definition) is 2. The summed E-state index contributed by atoms with van der Waals surface area (Å²) in [7, 11) is 0. The van der Waals surface area contributed by atoms with Gasteiger partial charge in [-0.25, -0.2) is 4.68 Å². The van der Waals surface area contributed by atoms with Gasteiger partial charge in [-0.1, -0.05) is 12.2 Å². The summed E-state index contributed by atoms with van der Waals surface area (Å²) in [6, 6.07) is 0.494. The summed E-state index contributed by atoms with van der Waals surface area (Å²) in [5.41, 5.74) is 7.73. The number of rotatable bonds is 3. The van der Waals surface area contributed by atoms with E-state index in [1.807, 2.05) is 11.6 Å². The van der Waals surface area contributed by atoms with E-state index >= 15 is 0 Å². The van der Waals surface area contributed by atoms with Crippen molar-refractivity contribution in [2.24, 2.45) is 0 Å². The maximum atomic E-state index is 6.03. The van der Waals surface area contributed by atoms with Crippen LogP contribution in [-0.4, -0.2) is 15.8 Å². The Balaban J connectivity index is 2.16. The van der Waals surface area contributed by atoms with Crippen molar-refractivity contribution in [2.75, 3.05) is 11.1 Å². The largest absolute Gasteiger partial charge is 0.394 e. The number of nitrogens with zero attached hydrogens (tertiary/aromatic N) is 2. The second-order valence-electron chi connectivity index (χ2n) is 4.29. The van der Waals surface area contributed by atoms with Crippen molar-refractivity contribution >= 4 is 11.5 Å². The van der Waals surface area contributed by atoms with Gasteiger partial charge in [-0.3, -0.25) is 0 Å². The van der Waals surface area contributed by atoms with Crippen LogP contribution < -0.4 is 11.1 Å². The molecule has 2 rings (SSSR count). The van der Waals surface area contributed by atoms with Crippen LogP contribution in [0.1, 0.15) is 31.9 Å². The fourth-order valence-electron chi connectivity index (χ4n) is 2.09. The molecule has 0 fully saturated rings. The third kappa shape index (κ3) is 2.05. The molecule has 0 bridgehead atoms. The third-order valence-electron chi connectivity index (χ3n) is 3.08. The first kappa shape index (κ1) is 11.0. The van der Waals surface area contributed by atoms with Gasteiger partial charge in [0.15, 0.2) is 0 Å². The number of anilines is 2. The first-order chi connectivity index (χ1) is 7.72. The molecule has 0 radical (unpaired) electrons. The van der Waals surface area contributed by atoms with E-state index in [-0.39, 0.29) is 0 Å². The van der Waals surface area contributed by atoms with E-state index in [0.717, 1.165) is 36.6 Å². The molecule has 1 aromatic rings. The van der Waals surface area contributed by atoms with Crippen LogP contribution in [0.5, 0.6) is 0 Å². The predicted molar refractivity (Wildman–Crippen MR) is 67.5 cm³/mol. The molecule has 1 aliphatic rings. The topological polar surface area (TPSA) is 55.9 Å². The quantitative estimate of drug-likeness (QED) is 0.769. The highest BCUT2D eigenvalue weighted by Crippen LogP contribution is 2.25. The van der Waals surface area contributed by atoms with Gasteiger partial charge in [0.1, 0.15) is 5.82 Å². The van der Waals surface area contributed by atoms with Gasteiger partial charge < -0.3 is 11.1 Å². The van der Waals surface area contributed by atoms with Gasteiger partial charge in [-0.15, -0.1) is 0 Å². The van der Waals surface area contributed by atoms with Crippen LogP contribution in [-0.2, 0) is 6.54 Å².